The van der Waals surface area contributed by atoms with Crippen molar-refractivity contribution >= 4 is 27.3 Å². The summed E-state index contributed by atoms with van der Waals surface area (Å²) in [4.78, 5) is 0. The first-order valence-corrected chi connectivity index (χ1v) is 4.58. The average Bonchev–Trinajstić information content (AvgIpc) is 1.61. The molecule has 0 aromatic rings. The van der Waals surface area contributed by atoms with Crippen LogP contribution in [0.2, 0.25) is 0 Å². The van der Waals surface area contributed by atoms with Crippen LogP contribution in [-0.4, -0.2) is 22.7 Å². The lowest BCUT2D eigenvalue weighted by atomic mass is 10.8. The minimum Gasteiger partial charge on any atom is -0.598 e. The van der Waals surface area contributed by atoms with E-state index < -0.39 is 11.4 Å². The van der Waals surface area contributed by atoms with E-state index in [-0.39, 0.29) is 0 Å². The number of rotatable bonds is 3. The Labute approximate surface area is 55.1 Å². The zero-order valence-corrected chi connectivity index (χ0v) is 6.51. The van der Waals surface area contributed by atoms with Gasteiger partial charge < -0.3 is 4.55 Å². The molecule has 1 unspecified atom stereocenters. The monoisotopic (exact) mass is 185 g/mol. The van der Waals surface area contributed by atoms with Crippen molar-refractivity contribution in [3.8, 4) is 0 Å². The van der Waals surface area contributed by atoms with Crippen molar-refractivity contribution in [2.75, 3.05) is 18.1 Å². The van der Waals surface area contributed by atoms with Crippen molar-refractivity contribution in [2.45, 2.75) is 0 Å². The lowest BCUT2D eigenvalue weighted by Crippen LogP contribution is -2.23. The highest BCUT2D eigenvalue weighted by Crippen LogP contribution is 1.77. The Bertz CT molecular complexity index is 43.9. The molecule has 4 heteroatoms. The van der Waals surface area contributed by atoms with Crippen LogP contribution >= 0.6 is 15.9 Å². The molecule has 0 spiro atoms. The summed E-state index contributed by atoms with van der Waals surface area (Å²) in [7, 11) is 0. The van der Waals surface area contributed by atoms with Crippen LogP contribution in [0.25, 0.3) is 0 Å². The largest absolute Gasteiger partial charge is 0.598 e. The number of alkyl halides is 1. The van der Waals surface area contributed by atoms with Crippen LogP contribution in [0.5, 0.6) is 0 Å². The molecule has 0 radical (unpaired) electrons. The molecule has 0 aromatic heterocycles. The molecule has 0 aromatic carbocycles. The molecule has 1 atom stereocenters. The fraction of sp³-hybridized carbons (Fsp3) is 1.00. The lowest BCUT2D eigenvalue weighted by molar-refractivity contribution is 0.589. The van der Waals surface area contributed by atoms with Crippen molar-refractivity contribution in [3.05, 3.63) is 0 Å². The van der Waals surface area contributed by atoms with Crippen LogP contribution in [0.15, 0.2) is 0 Å². The summed E-state index contributed by atoms with van der Waals surface area (Å²) in [5.74, 6) is 0. The number of halogens is 1. The number of nitrogens with one attached hydrogen (secondary N) is 1. The third-order valence-corrected chi connectivity index (χ3v) is 1.41. The van der Waals surface area contributed by atoms with Crippen LogP contribution in [-0.2, 0) is 11.4 Å². The molecule has 0 bridgehead atoms. The molecule has 0 aliphatic rings. The maximum atomic E-state index is 10.2. The quantitative estimate of drug-likeness (QED) is 0.507. The Balaban J connectivity index is 2.68. The van der Waals surface area contributed by atoms with Gasteiger partial charge in [-0.2, -0.15) is 0 Å². The normalized spacial score (nSPS) is 14.1. The van der Waals surface area contributed by atoms with Crippen molar-refractivity contribution in [1.82, 2.24) is 4.72 Å². The van der Waals surface area contributed by atoms with E-state index in [9.17, 15) is 4.55 Å². The zero-order chi connectivity index (χ0) is 5.70. The third-order valence-electron chi connectivity index (χ3n) is 0.400. The Morgan fingerprint density at radius 2 is 2.43 bits per heavy atom. The average molecular weight is 186 g/mol. The first-order valence-electron chi connectivity index (χ1n) is 1.90. The summed E-state index contributed by atoms with van der Waals surface area (Å²) in [6, 6.07) is 0. The number of hydrogen-bond acceptors (Lipinski definition) is 2. The van der Waals surface area contributed by atoms with E-state index in [1.807, 2.05) is 0 Å². The van der Waals surface area contributed by atoms with Crippen molar-refractivity contribution in [1.29, 1.82) is 0 Å². The Kier molecular flexibility index (Phi) is 5.42. The van der Waals surface area contributed by atoms with Gasteiger partial charge in [0.05, 0.1) is 6.54 Å². The minimum atomic E-state index is -0.845. The van der Waals surface area contributed by atoms with Crippen LogP contribution in [0, 0.1) is 0 Å². The predicted octanol–water partition coefficient (Wildman–Crippen LogP) is 0.264. The minimum absolute atomic E-state index is 0.767. The molecule has 44 valence electrons. The molecule has 0 fully saturated rings. The highest BCUT2D eigenvalue weighted by Gasteiger charge is 1.89. The van der Waals surface area contributed by atoms with Gasteiger partial charge in [0.2, 0.25) is 0 Å². The Morgan fingerprint density at radius 3 is 2.57 bits per heavy atom. The lowest BCUT2D eigenvalue weighted by Gasteiger charge is -2.01. The van der Waals surface area contributed by atoms with E-state index in [0.717, 1.165) is 11.9 Å². The van der Waals surface area contributed by atoms with Crippen molar-refractivity contribution in [3.63, 3.8) is 0 Å². The van der Waals surface area contributed by atoms with Gasteiger partial charge >= 0.3 is 0 Å². The second-order valence-electron chi connectivity index (χ2n) is 1.04. The molecule has 1 N–H and O–H groups in total. The maximum absolute atomic E-state index is 10.2. The second-order valence-corrected chi connectivity index (χ2v) is 3.03. The van der Waals surface area contributed by atoms with Gasteiger partial charge in [0.25, 0.3) is 0 Å². The Hall–Kier alpha value is 0.750. The van der Waals surface area contributed by atoms with Crippen molar-refractivity contribution in [2.24, 2.45) is 0 Å². The summed E-state index contributed by atoms with van der Waals surface area (Å²) >= 11 is 2.34. The molecular formula is C3H8BrNOS. The van der Waals surface area contributed by atoms with Gasteiger partial charge in [0.1, 0.15) is 6.26 Å². The van der Waals surface area contributed by atoms with E-state index in [1.54, 1.807) is 6.26 Å². The van der Waals surface area contributed by atoms with Crippen molar-refractivity contribution < 1.29 is 4.55 Å². The fourth-order valence-electron chi connectivity index (χ4n) is 0.182. The fourth-order valence-corrected chi connectivity index (χ4v) is 1.03. The smallest absolute Gasteiger partial charge is 0.115 e. The van der Waals surface area contributed by atoms with Crippen LogP contribution < -0.4 is 4.72 Å². The van der Waals surface area contributed by atoms with E-state index in [1.165, 1.54) is 0 Å². The summed E-state index contributed by atoms with van der Waals surface area (Å²) in [5.41, 5.74) is 0. The number of hydrogen-bond donors (Lipinski definition) is 1. The molecule has 0 rings (SSSR count). The molecule has 0 saturated carbocycles. The highest BCUT2D eigenvalue weighted by molar-refractivity contribution is 9.09. The molecule has 2 nitrogen and oxygen atoms in total. The van der Waals surface area contributed by atoms with Crippen LogP contribution in [0.1, 0.15) is 0 Å². The van der Waals surface area contributed by atoms with Gasteiger partial charge in [-0.1, -0.05) is 15.9 Å². The van der Waals surface area contributed by atoms with Gasteiger partial charge in [0, 0.05) is 16.7 Å². The van der Waals surface area contributed by atoms with E-state index in [2.05, 4.69) is 20.7 Å². The molecule has 0 aliphatic heterocycles. The SMILES string of the molecule is C[S+]([O-])NCCBr. The summed E-state index contributed by atoms with van der Waals surface area (Å²) < 4.78 is 12.9. The van der Waals surface area contributed by atoms with Crippen LogP contribution in [0.3, 0.4) is 0 Å². The molecule has 7 heavy (non-hydrogen) atoms. The Morgan fingerprint density at radius 1 is 1.86 bits per heavy atom. The summed E-state index contributed by atoms with van der Waals surface area (Å²) in [6.07, 6.45) is 1.61. The third kappa shape index (κ3) is 6.75. The first-order chi connectivity index (χ1) is 3.27. The second kappa shape index (κ2) is 4.90. The van der Waals surface area contributed by atoms with E-state index >= 15 is 0 Å². The highest BCUT2D eigenvalue weighted by atomic mass is 79.9. The van der Waals surface area contributed by atoms with Gasteiger partial charge in [-0.15, -0.1) is 4.72 Å². The van der Waals surface area contributed by atoms with Gasteiger partial charge in [-0.05, 0) is 0 Å². The van der Waals surface area contributed by atoms with E-state index in [0.29, 0.717) is 0 Å². The molecule has 0 aliphatic carbocycles. The predicted molar refractivity (Wildman–Crippen MR) is 35.9 cm³/mol. The molecule has 0 saturated heterocycles. The topological polar surface area (TPSA) is 35.1 Å². The standard InChI is InChI=1S/C3H8BrNOS/c1-7(6)5-3-2-4/h5H,2-3H2,1H3. The summed E-state index contributed by atoms with van der Waals surface area (Å²) in [6.45, 7) is 0.767. The zero-order valence-electron chi connectivity index (χ0n) is 4.11. The van der Waals surface area contributed by atoms with E-state index in [4.69, 9.17) is 0 Å². The van der Waals surface area contributed by atoms with Gasteiger partial charge in [0.15, 0.2) is 0 Å². The molecular weight excluding hydrogens is 178 g/mol. The molecule has 0 amide bonds. The first kappa shape index (κ1) is 7.75. The summed E-state index contributed by atoms with van der Waals surface area (Å²) in [5, 5.41) is 0.854. The van der Waals surface area contributed by atoms with Gasteiger partial charge in [-0.25, -0.2) is 0 Å². The van der Waals surface area contributed by atoms with Gasteiger partial charge in [-0.3, -0.25) is 0 Å². The van der Waals surface area contributed by atoms with Crippen LogP contribution in [0.4, 0.5) is 0 Å². The molecule has 0 heterocycles. The maximum Gasteiger partial charge on any atom is 0.115 e.